The highest BCUT2D eigenvalue weighted by Crippen LogP contribution is 1.92. The summed E-state index contributed by atoms with van der Waals surface area (Å²) in [5, 5.41) is 2.75. The van der Waals surface area contributed by atoms with Gasteiger partial charge in [-0.3, -0.25) is 4.79 Å². The van der Waals surface area contributed by atoms with E-state index in [1.54, 1.807) is 0 Å². The highest BCUT2D eigenvalue weighted by atomic mass is 16.5. The van der Waals surface area contributed by atoms with Crippen molar-refractivity contribution < 1.29 is 9.53 Å². The minimum Gasteiger partial charge on any atom is -0.502 e. The second-order valence-corrected chi connectivity index (χ2v) is 3.08. The Bertz CT molecular complexity index is 172. The van der Waals surface area contributed by atoms with Crippen LogP contribution < -0.4 is 11.1 Å². The van der Waals surface area contributed by atoms with Gasteiger partial charge in [0.05, 0.1) is 18.9 Å². The summed E-state index contributed by atoms with van der Waals surface area (Å²) in [6, 6.07) is -0.375. The van der Waals surface area contributed by atoms with Crippen LogP contribution >= 0.6 is 0 Å². The Kier molecular flexibility index (Phi) is 7.93. The maximum absolute atomic E-state index is 11.3. The van der Waals surface area contributed by atoms with Gasteiger partial charge in [-0.05, 0) is 12.8 Å². The van der Waals surface area contributed by atoms with E-state index in [9.17, 15) is 4.79 Å². The van der Waals surface area contributed by atoms with Gasteiger partial charge in [0, 0.05) is 6.54 Å². The summed E-state index contributed by atoms with van der Waals surface area (Å²) in [6.07, 6.45) is 3.82. The van der Waals surface area contributed by atoms with Crippen LogP contribution in [-0.4, -0.2) is 25.1 Å². The van der Waals surface area contributed by atoms with E-state index in [2.05, 4.69) is 11.9 Å². The number of hydrogen-bond donors (Lipinski definition) is 2. The molecule has 1 atom stereocenters. The summed E-state index contributed by atoms with van der Waals surface area (Å²) < 4.78 is 4.90. The van der Waals surface area contributed by atoms with Gasteiger partial charge in [0.25, 0.3) is 0 Å². The summed E-state index contributed by atoms with van der Waals surface area (Å²) in [6.45, 7) is 6.60. The molecule has 0 aliphatic rings. The van der Waals surface area contributed by atoms with Crippen molar-refractivity contribution in [3.8, 4) is 0 Å². The Labute approximate surface area is 85.5 Å². The van der Waals surface area contributed by atoms with Crippen LogP contribution in [0.1, 0.15) is 26.2 Å². The third kappa shape index (κ3) is 6.48. The fourth-order valence-electron chi connectivity index (χ4n) is 1.02. The Balaban J connectivity index is 3.38. The van der Waals surface area contributed by atoms with Crippen molar-refractivity contribution in [3.63, 3.8) is 0 Å². The molecule has 82 valence electrons. The quantitative estimate of drug-likeness (QED) is 0.449. The molecule has 0 aromatic rings. The molecule has 1 amide bonds. The van der Waals surface area contributed by atoms with E-state index in [-0.39, 0.29) is 11.9 Å². The van der Waals surface area contributed by atoms with Gasteiger partial charge in [-0.25, -0.2) is 0 Å². The number of carbonyl (C=O) groups excluding carboxylic acids is 1. The molecular formula is C10H20N2O2. The van der Waals surface area contributed by atoms with Gasteiger partial charge >= 0.3 is 0 Å². The lowest BCUT2D eigenvalue weighted by atomic mass is 10.2. The van der Waals surface area contributed by atoms with Crippen molar-refractivity contribution in [3.05, 3.63) is 12.8 Å². The molecule has 1 unspecified atom stereocenters. The zero-order chi connectivity index (χ0) is 10.8. The Morgan fingerprint density at radius 3 is 3.00 bits per heavy atom. The fraction of sp³-hybridized carbons (Fsp3) is 0.700. The summed E-state index contributed by atoms with van der Waals surface area (Å²) in [5.41, 5.74) is 5.61. The molecule has 0 heterocycles. The second kappa shape index (κ2) is 8.56. The molecule has 0 saturated carbocycles. The summed E-state index contributed by atoms with van der Waals surface area (Å²) in [7, 11) is 0. The average molecular weight is 200 g/mol. The third-order valence-corrected chi connectivity index (χ3v) is 1.79. The number of rotatable bonds is 8. The molecule has 0 radical (unpaired) electrons. The van der Waals surface area contributed by atoms with Crippen LogP contribution in [-0.2, 0) is 9.53 Å². The normalized spacial score (nSPS) is 11.9. The van der Waals surface area contributed by atoms with E-state index >= 15 is 0 Å². The van der Waals surface area contributed by atoms with Gasteiger partial charge < -0.3 is 15.8 Å². The Hall–Kier alpha value is -1.03. The van der Waals surface area contributed by atoms with E-state index in [1.807, 2.05) is 6.92 Å². The summed E-state index contributed by atoms with van der Waals surface area (Å²) >= 11 is 0. The predicted octanol–water partition coefficient (Wildman–Crippen LogP) is 0.780. The standard InChI is InChI=1S/C10H20N2O2/c1-3-6-9(11)10(13)12-7-5-8-14-4-2/h4,9H,2-3,5-8,11H2,1H3,(H,12,13). The van der Waals surface area contributed by atoms with Crippen molar-refractivity contribution in [1.82, 2.24) is 5.32 Å². The number of nitrogens with two attached hydrogens (primary N) is 1. The smallest absolute Gasteiger partial charge is 0.236 e. The maximum Gasteiger partial charge on any atom is 0.236 e. The number of hydrogen-bond acceptors (Lipinski definition) is 3. The summed E-state index contributed by atoms with van der Waals surface area (Å²) in [4.78, 5) is 11.3. The van der Waals surface area contributed by atoms with Crippen LogP contribution in [0, 0.1) is 0 Å². The Morgan fingerprint density at radius 2 is 2.43 bits per heavy atom. The zero-order valence-electron chi connectivity index (χ0n) is 8.79. The van der Waals surface area contributed by atoms with E-state index in [0.29, 0.717) is 13.2 Å². The highest BCUT2D eigenvalue weighted by Gasteiger charge is 2.10. The van der Waals surface area contributed by atoms with Gasteiger partial charge in [-0.1, -0.05) is 19.9 Å². The molecule has 0 aromatic heterocycles. The van der Waals surface area contributed by atoms with E-state index in [0.717, 1.165) is 19.3 Å². The van der Waals surface area contributed by atoms with Crippen LogP contribution in [0.4, 0.5) is 0 Å². The highest BCUT2D eigenvalue weighted by molar-refractivity contribution is 5.81. The molecule has 4 heteroatoms. The minimum absolute atomic E-state index is 0.0783. The number of nitrogens with one attached hydrogen (secondary N) is 1. The number of carbonyl (C=O) groups is 1. The number of amides is 1. The van der Waals surface area contributed by atoms with Crippen molar-refractivity contribution in [1.29, 1.82) is 0 Å². The first-order valence-electron chi connectivity index (χ1n) is 4.98. The Morgan fingerprint density at radius 1 is 1.71 bits per heavy atom. The first-order valence-corrected chi connectivity index (χ1v) is 4.98. The zero-order valence-corrected chi connectivity index (χ0v) is 8.79. The SMILES string of the molecule is C=COCCCNC(=O)C(N)CCC. The molecule has 0 saturated heterocycles. The van der Waals surface area contributed by atoms with Crippen molar-refractivity contribution in [2.45, 2.75) is 32.2 Å². The fourth-order valence-corrected chi connectivity index (χ4v) is 1.02. The predicted molar refractivity (Wildman–Crippen MR) is 56.7 cm³/mol. The average Bonchev–Trinajstić information content (AvgIpc) is 2.17. The maximum atomic E-state index is 11.3. The van der Waals surface area contributed by atoms with Gasteiger partial charge in [0.15, 0.2) is 0 Å². The van der Waals surface area contributed by atoms with Crippen LogP contribution in [0.15, 0.2) is 12.8 Å². The van der Waals surface area contributed by atoms with Crippen LogP contribution in [0.3, 0.4) is 0 Å². The first kappa shape index (κ1) is 13.0. The van der Waals surface area contributed by atoms with Gasteiger partial charge in [-0.15, -0.1) is 0 Å². The minimum atomic E-state index is -0.375. The monoisotopic (exact) mass is 200 g/mol. The molecule has 14 heavy (non-hydrogen) atoms. The molecule has 0 aliphatic heterocycles. The number of ether oxygens (including phenoxy) is 1. The largest absolute Gasteiger partial charge is 0.502 e. The topological polar surface area (TPSA) is 64.3 Å². The van der Waals surface area contributed by atoms with Gasteiger partial charge in [-0.2, -0.15) is 0 Å². The van der Waals surface area contributed by atoms with Crippen molar-refractivity contribution in [2.24, 2.45) is 5.73 Å². The van der Waals surface area contributed by atoms with E-state index in [4.69, 9.17) is 10.5 Å². The lowest BCUT2D eigenvalue weighted by Gasteiger charge is -2.10. The molecule has 0 rings (SSSR count). The molecule has 4 nitrogen and oxygen atoms in total. The van der Waals surface area contributed by atoms with E-state index < -0.39 is 0 Å². The lowest BCUT2D eigenvalue weighted by molar-refractivity contribution is -0.122. The van der Waals surface area contributed by atoms with Crippen LogP contribution in [0.25, 0.3) is 0 Å². The molecule has 0 aromatic carbocycles. The molecule has 0 fully saturated rings. The molecule has 3 N–H and O–H groups in total. The second-order valence-electron chi connectivity index (χ2n) is 3.08. The molecular weight excluding hydrogens is 180 g/mol. The van der Waals surface area contributed by atoms with Crippen LogP contribution in [0.5, 0.6) is 0 Å². The van der Waals surface area contributed by atoms with Crippen molar-refractivity contribution >= 4 is 5.91 Å². The third-order valence-electron chi connectivity index (χ3n) is 1.79. The van der Waals surface area contributed by atoms with Crippen molar-refractivity contribution in [2.75, 3.05) is 13.2 Å². The molecule has 0 spiro atoms. The van der Waals surface area contributed by atoms with Gasteiger partial charge in [0.2, 0.25) is 5.91 Å². The van der Waals surface area contributed by atoms with E-state index in [1.165, 1.54) is 6.26 Å². The molecule has 0 bridgehead atoms. The lowest BCUT2D eigenvalue weighted by Crippen LogP contribution is -2.40. The van der Waals surface area contributed by atoms with Gasteiger partial charge in [0.1, 0.15) is 0 Å². The summed E-state index contributed by atoms with van der Waals surface area (Å²) in [5.74, 6) is -0.0783. The molecule has 0 aliphatic carbocycles. The van der Waals surface area contributed by atoms with Crippen LogP contribution in [0.2, 0.25) is 0 Å². The first-order chi connectivity index (χ1) is 6.72.